The molecule has 0 unspecified atom stereocenters. The summed E-state index contributed by atoms with van der Waals surface area (Å²) in [6.45, 7) is 6.73. The van der Waals surface area contributed by atoms with Gasteiger partial charge in [0.15, 0.2) is 6.54 Å². The van der Waals surface area contributed by atoms with E-state index in [1.807, 2.05) is 18.2 Å². The molecular weight excluding hydrogens is 322 g/mol. The molecule has 0 bridgehead atoms. The Morgan fingerprint density at radius 1 is 1.25 bits per heavy atom. The Labute approximate surface area is 150 Å². The van der Waals surface area contributed by atoms with E-state index < -0.39 is 0 Å². The predicted octanol–water partition coefficient (Wildman–Crippen LogP) is 1.74. The van der Waals surface area contributed by atoms with Crippen LogP contribution in [0.5, 0.6) is 0 Å². The summed E-state index contributed by atoms with van der Waals surface area (Å²) in [5.74, 6) is 0.838. The van der Waals surface area contributed by atoms with Crippen LogP contribution in [-0.2, 0) is 4.79 Å². The first-order valence-corrected chi connectivity index (χ1v) is 9.63. The van der Waals surface area contributed by atoms with Crippen LogP contribution in [0.15, 0.2) is 24.3 Å². The van der Waals surface area contributed by atoms with Crippen LogP contribution in [-0.4, -0.2) is 44.7 Å². The van der Waals surface area contributed by atoms with E-state index in [0.717, 1.165) is 43.3 Å². The van der Waals surface area contributed by atoms with Gasteiger partial charge in [0.05, 0.1) is 36.9 Å². The third kappa shape index (κ3) is 4.42. The van der Waals surface area contributed by atoms with Gasteiger partial charge in [0.2, 0.25) is 0 Å². The summed E-state index contributed by atoms with van der Waals surface area (Å²) >= 11 is 6.29. The first-order valence-electron chi connectivity index (χ1n) is 9.26. The Morgan fingerprint density at radius 3 is 2.67 bits per heavy atom. The fourth-order valence-corrected chi connectivity index (χ4v) is 4.22. The monoisotopic (exact) mass is 350 g/mol. The molecule has 2 aliphatic rings. The fourth-order valence-electron chi connectivity index (χ4n) is 3.96. The van der Waals surface area contributed by atoms with E-state index in [4.69, 9.17) is 11.6 Å². The number of benzene rings is 1. The summed E-state index contributed by atoms with van der Waals surface area (Å²) in [5, 5.41) is 4.08. The number of anilines is 1. The number of rotatable bonds is 4. The van der Waals surface area contributed by atoms with Crippen LogP contribution in [0.4, 0.5) is 5.69 Å². The standard InChI is InChI=1S/C19H28ClN3O/c1-15-6-2-4-8-17(15)21-19(24)14-22-10-12-23(13-11-22)18-9-5-3-7-16(18)20/h3,5,7,9,15,17H,2,4,6,8,10-14H2,1H3,(H,21,24)/p+1/t15-,17-/m0/s1. The van der Waals surface area contributed by atoms with Crippen molar-refractivity contribution in [2.45, 2.75) is 38.6 Å². The highest BCUT2D eigenvalue weighted by molar-refractivity contribution is 6.33. The van der Waals surface area contributed by atoms with Crippen molar-refractivity contribution in [2.75, 3.05) is 37.6 Å². The van der Waals surface area contributed by atoms with Gasteiger partial charge in [-0.3, -0.25) is 4.79 Å². The van der Waals surface area contributed by atoms with Crippen molar-refractivity contribution in [2.24, 2.45) is 5.92 Å². The lowest BCUT2D eigenvalue weighted by molar-refractivity contribution is -0.892. The molecule has 2 fully saturated rings. The van der Waals surface area contributed by atoms with E-state index in [1.165, 1.54) is 24.2 Å². The average molecular weight is 351 g/mol. The first-order chi connectivity index (χ1) is 11.6. The molecule has 1 aliphatic carbocycles. The van der Waals surface area contributed by atoms with Gasteiger partial charge >= 0.3 is 0 Å². The van der Waals surface area contributed by atoms with Gasteiger partial charge in [-0.05, 0) is 30.9 Å². The zero-order chi connectivity index (χ0) is 16.9. The molecule has 1 saturated carbocycles. The van der Waals surface area contributed by atoms with E-state index in [9.17, 15) is 4.79 Å². The Hall–Kier alpha value is -1.26. The quantitative estimate of drug-likeness (QED) is 0.868. The number of carbonyl (C=O) groups excluding carboxylic acids is 1. The molecule has 2 atom stereocenters. The average Bonchev–Trinajstić information content (AvgIpc) is 2.58. The summed E-state index contributed by atoms with van der Waals surface area (Å²) in [7, 11) is 0. The largest absolute Gasteiger partial charge is 0.359 e. The van der Waals surface area contributed by atoms with Crippen molar-refractivity contribution in [3.05, 3.63) is 29.3 Å². The Bertz CT molecular complexity index is 557. The smallest absolute Gasteiger partial charge is 0.275 e. The van der Waals surface area contributed by atoms with E-state index in [0.29, 0.717) is 18.5 Å². The minimum atomic E-state index is 0.218. The maximum absolute atomic E-state index is 12.4. The van der Waals surface area contributed by atoms with Crippen LogP contribution in [0.3, 0.4) is 0 Å². The number of quaternary nitrogens is 1. The maximum atomic E-state index is 12.4. The van der Waals surface area contributed by atoms with Gasteiger partial charge in [0, 0.05) is 6.04 Å². The lowest BCUT2D eigenvalue weighted by Crippen LogP contribution is -3.16. The summed E-state index contributed by atoms with van der Waals surface area (Å²) in [6.07, 6.45) is 4.94. The van der Waals surface area contributed by atoms with Crippen molar-refractivity contribution >= 4 is 23.2 Å². The number of nitrogens with one attached hydrogen (secondary N) is 2. The highest BCUT2D eigenvalue weighted by Gasteiger charge is 2.26. The predicted molar refractivity (Wildman–Crippen MR) is 98.8 cm³/mol. The zero-order valence-electron chi connectivity index (χ0n) is 14.6. The number of nitrogens with zero attached hydrogens (tertiary/aromatic N) is 1. The second-order valence-electron chi connectivity index (χ2n) is 7.30. The molecule has 1 aliphatic heterocycles. The molecule has 1 aromatic carbocycles. The highest BCUT2D eigenvalue weighted by atomic mass is 35.5. The molecule has 3 rings (SSSR count). The Morgan fingerprint density at radius 2 is 1.96 bits per heavy atom. The number of para-hydroxylation sites is 1. The molecule has 5 heteroatoms. The SMILES string of the molecule is C[C@H]1CCCC[C@@H]1NC(=O)C[NH+]1CCN(c2ccccc2Cl)CC1. The molecule has 4 nitrogen and oxygen atoms in total. The van der Waals surface area contributed by atoms with Crippen molar-refractivity contribution in [3.63, 3.8) is 0 Å². The lowest BCUT2D eigenvalue weighted by atomic mass is 9.86. The topological polar surface area (TPSA) is 36.8 Å². The molecular formula is C19H29ClN3O+. The van der Waals surface area contributed by atoms with E-state index in [-0.39, 0.29) is 5.91 Å². The fraction of sp³-hybridized carbons (Fsp3) is 0.632. The van der Waals surface area contributed by atoms with Gasteiger partial charge < -0.3 is 15.1 Å². The van der Waals surface area contributed by atoms with Gasteiger partial charge in [0.25, 0.3) is 5.91 Å². The van der Waals surface area contributed by atoms with Gasteiger partial charge in [-0.2, -0.15) is 0 Å². The van der Waals surface area contributed by atoms with Crippen molar-refractivity contribution in [1.82, 2.24) is 5.32 Å². The molecule has 1 heterocycles. The van der Waals surface area contributed by atoms with Gasteiger partial charge in [-0.15, -0.1) is 0 Å². The number of piperazine rings is 1. The molecule has 132 valence electrons. The second kappa shape index (κ2) is 8.21. The molecule has 1 amide bonds. The van der Waals surface area contributed by atoms with Crippen molar-refractivity contribution in [3.8, 4) is 0 Å². The lowest BCUT2D eigenvalue weighted by Gasteiger charge is -2.34. The number of carbonyl (C=O) groups is 1. The van der Waals surface area contributed by atoms with Crippen molar-refractivity contribution < 1.29 is 9.69 Å². The zero-order valence-corrected chi connectivity index (χ0v) is 15.3. The third-order valence-electron chi connectivity index (χ3n) is 5.53. The third-order valence-corrected chi connectivity index (χ3v) is 5.85. The summed E-state index contributed by atoms with van der Waals surface area (Å²) < 4.78 is 0. The van der Waals surface area contributed by atoms with Crippen LogP contribution in [0.25, 0.3) is 0 Å². The second-order valence-corrected chi connectivity index (χ2v) is 7.71. The summed E-state index contributed by atoms with van der Waals surface area (Å²) in [4.78, 5) is 16.1. The number of amides is 1. The molecule has 0 spiro atoms. The van der Waals surface area contributed by atoms with Crippen LogP contribution in [0, 0.1) is 5.92 Å². The molecule has 0 radical (unpaired) electrons. The molecule has 1 aromatic rings. The van der Waals surface area contributed by atoms with Crippen LogP contribution in [0.1, 0.15) is 32.6 Å². The Balaban J connectivity index is 1.45. The van der Waals surface area contributed by atoms with Crippen LogP contribution < -0.4 is 15.1 Å². The molecule has 1 saturated heterocycles. The van der Waals surface area contributed by atoms with Gasteiger partial charge in [0.1, 0.15) is 0 Å². The highest BCUT2D eigenvalue weighted by Crippen LogP contribution is 2.25. The molecule has 2 N–H and O–H groups in total. The molecule has 24 heavy (non-hydrogen) atoms. The number of hydrogen-bond acceptors (Lipinski definition) is 2. The van der Waals surface area contributed by atoms with Crippen LogP contribution in [0.2, 0.25) is 5.02 Å². The maximum Gasteiger partial charge on any atom is 0.275 e. The van der Waals surface area contributed by atoms with Gasteiger partial charge in [-0.25, -0.2) is 0 Å². The minimum absolute atomic E-state index is 0.218. The first kappa shape index (κ1) is 17.6. The van der Waals surface area contributed by atoms with Crippen molar-refractivity contribution in [1.29, 1.82) is 0 Å². The van der Waals surface area contributed by atoms with E-state index in [2.05, 4.69) is 23.2 Å². The number of halogens is 1. The normalized spacial score (nSPS) is 25.5. The summed E-state index contributed by atoms with van der Waals surface area (Å²) in [6, 6.07) is 8.39. The van der Waals surface area contributed by atoms with E-state index >= 15 is 0 Å². The minimum Gasteiger partial charge on any atom is -0.359 e. The van der Waals surface area contributed by atoms with E-state index in [1.54, 1.807) is 0 Å². The summed E-state index contributed by atoms with van der Waals surface area (Å²) in [5.41, 5.74) is 1.11. The Kier molecular flexibility index (Phi) is 6.01. The number of hydrogen-bond donors (Lipinski definition) is 2. The molecule has 0 aromatic heterocycles. The van der Waals surface area contributed by atoms with Gasteiger partial charge in [-0.1, -0.05) is 43.5 Å². The van der Waals surface area contributed by atoms with Crippen LogP contribution >= 0.6 is 11.6 Å².